The van der Waals surface area contributed by atoms with E-state index < -0.39 is 0 Å². The first kappa shape index (κ1) is 8.14. The Morgan fingerprint density at radius 1 is 0.923 bits per heavy atom. The summed E-state index contributed by atoms with van der Waals surface area (Å²) < 4.78 is 4.84. The van der Waals surface area contributed by atoms with Crippen LogP contribution in [0.15, 0.2) is 42.5 Å². The third-order valence-corrected chi connectivity index (χ3v) is 1.93. The highest BCUT2D eigenvalue weighted by Gasteiger charge is 1.99. The zero-order chi connectivity index (χ0) is 9.10. The van der Waals surface area contributed by atoms with Gasteiger partial charge in [-0.2, -0.15) is 0 Å². The predicted molar refractivity (Wildman–Crippen MR) is 51.7 cm³/mol. The molecule has 0 unspecified atom stereocenters. The fraction of sp³-hybridized carbons (Fsp3) is 0. The predicted octanol–water partition coefficient (Wildman–Crippen LogP) is 1.70. The fourth-order valence-corrected chi connectivity index (χ4v) is 1.29. The topological polar surface area (TPSA) is 29.5 Å². The lowest BCUT2D eigenvalue weighted by atomic mass is 10.2. The molecule has 0 spiro atoms. The van der Waals surface area contributed by atoms with Crippen molar-refractivity contribution in [2.45, 2.75) is 0 Å². The third kappa shape index (κ3) is 1.65. The first-order valence-electron chi connectivity index (χ1n) is 4.01. The van der Waals surface area contributed by atoms with Gasteiger partial charge in [0.05, 0.1) is 0 Å². The average Bonchev–Trinajstić information content (AvgIpc) is 2.50. The maximum atomic E-state index is 8.44. The summed E-state index contributed by atoms with van der Waals surface area (Å²) in [5, 5.41) is 8.44. The van der Waals surface area contributed by atoms with Gasteiger partial charge >= 0.3 is 7.69 Å². The van der Waals surface area contributed by atoms with E-state index in [1.807, 2.05) is 42.5 Å². The standard InChI is InChI=1S/C10H8BO2/c12-11-13-10-6-4-8-2-1-3-9(8)5-7-10/h1-7,12H. The maximum Gasteiger partial charge on any atom is 0.569 e. The summed E-state index contributed by atoms with van der Waals surface area (Å²) in [5.74, 6) is 0.624. The average molecular weight is 171 g/mol. The van der Waals surface area contributed by atoms with E-state index in [0.29, 0.717) is 13.4 Å². The lowest BCUT2D eigenvalue weighted by Crippen LogP contribution is -1.98. The van der Waals surface area contributed by atoms with Crippen LogP contribution in [-0.4, -0.2) is 12.7 Å². The van der Waals surface area contributed by atoms with Crippen molar-refractivity contribution in [3.05, 3.63) is 42.5 Å². The highest BCUT2D eigenvalue weighted by Crippen LogP contribution is 2.23. The Hall–Kier alpha value is -1.48. The molecular formula is C10H8BO2. The van der Waals surface area contributed by atoms with Gasteiger partial charge in [-0.3, -0.25) is 0 Å². The van der Waals surface area contributed by atoms with Crippen LogP contribution in [-0.2, 0) is 0 Å². The third-order valence-electron chi connectivity index (χ3n) is 1.93. The van der Waals surface area contributed by atoms with E-state index in [2.05, 4.69) is 0 Å². The number of fused-ring (bicyclic) bond motifs is 1. The molecule has 0 aromatic carbocycles. The Kier molecular flexibility index (Phi) is 2.19. The molecule has 0 aliphatic heterocycles. The summed E-state index contributed by atoms with van der Waals surface area (Å²) >= 11 is 0. The summed E-state index contributed by atoms with van der Waals surface area (Å²) in [5.41, 5.74) is 2.32. The van der Waals surface area contributed by atoms with Crippen molar-refractivity contribution in [1.82, 2.24) is 0 Å². The molecule has 2 nitrogen and oxygen atoms in total. The Morgan fingerprint density at radius 3 is 2.08 bits per heavy atom. The summed E-state index contributed by atoms with van der Waals surface area (Å²) in [4.78, 5) is 0. The van der Waals surface area contributed by atoms with Crippen LogP contribution in [0.3, 0.4) is 0 Å². The fourth-order valence-electron chi connectivity index (χ4n) is 1.29. The highest BCUT2D eigenvalue weighted by molar-refractivity contribution is 6.17. The Bertz CT molecular complexity index is 345. The van der Waals surface area contributed by atoms with E-state index in [1.54, 1.807) is 0 Å². The van der Waals surface area contributed by atoms with Gasteiger partial charge < -0.3 is 9.68 Å². The largest absolute Gasteiger partial charge is 0.569 e. The lowest BCUT2D eigenvalue weighted by molar-refractivity contribution is 0.454. The first-order chi connectivity index (χ1) is 6.40. The maximum absolute atomic E-state index is 8.44. The molecule has 0 bridgehead atoms. The van der Waals surface area contributed by atoms with Gasteiger partial charge in [0.15, 0.2) is 0 Å². The molecule has 3 heteroatoms. The molecule has 0 saturated heterocycles. The number of hydrogen-bond donors (Lipinski definition) is 1. The monoisotopic (exact) mass is 171 g/mol. The smallest absolute Gasteiger partial charge is 0.537 e. The Morgan fingerprint density at radius 2 is 1.54 bits per heavy atom. The van der Waals surface area contributed by atoms with Crippen molar-refractivity contribution in [3.8, 4) is 16.9 Å². The molecule has 0 saturated carbocycles. The van der Waals surface area contributed by atoms with Crippen molar-refractivity contribution in [2.75, 3.05) is 0 Å². The summed E-state index contributed by atoms with van der Waals surface area (Å²) in [6.45, 7) is 0. The van der Waals surface area contributed by atoms with Gasteiger partial charge in [-0.25, -0.2) is 0 Å². The summed E-state index contributed by atoms with van der Waals surface area (Å²) in [6.07, 6.45) is 0. The molecule has 13 heavy (non-hydrogen) atoms. The van der Waals surface area contributed by atoms with E-state index in [0.717, 1.165) is 11.1 Å². The molecular weight excluding hydrogens is 163 g/mol. The Balaban J connectivity index is 2.43. The van der Waals surface area contributed by atoms with Crippen molar-refractivity contribution >= 4 is 7.69 Å². The van der Waals surface area contributed by atoms with Crippen molar-refractivity contribution < 1.29 is 9.68 Å². The van der Waals surface area contributed by atoms with Gasteiger partial charge in [-0.05, 0) is 23.3 Å². The normalized spacial score (nSPS) is 9.92. The van der Waals surface area contributed by atoms with Gasteiger partial charge in [0.1, 0.15) is 5.75 Å². The van der Waals surface area contributed by atoms with Crippen LogP contribution < -0.4 is 4.65 Å². The number of rotatable bonds is 2. The molecule has 0 atom stereocenters. The Labute approximate surface area is 77.4 Å². The van der Waals surface area contributed by atoms with Crippen LogP contribution >= 0.6 is 0 Å². The van der Waals surface area contributed by atoms with Crippen LogP contribution in [0.5, 0.6) is 5.75 Å². The van der Waals surface area contributed by atoms with Crippen LogP contribution in [0.2, 0.25) is 0 Å². The first-order valence-corrected chi connectivity index (χ1v) is 4.01. The highest BCUT2D eigenvalue weighted by atomic mass is 16.5. The molecule has 2 rings (SSSR count). The lowest BCUT2D eigenvalue weighted by Gasteiger charge is -1.94. The van der Waals surface area contributed by atoms with E-state index in [9.17, 15) is 0 Å². The molecule has 2 aliphatic carbocycles. The number of hydrogen-bond acceptors (Lipinski definition) is 2. The SMILES string of the molecule is O[B]Oc1ccc2cccc-2cc1. The van der Waals surface area contributed by atoms with Crippen molar-refractivity contribution in [3.63, 3.8) is 0 Å². The molecule has 0 aromatic rings. The molecule has 0 amide bonds. The second kappa shape index (κ2) is 3.50. The minimum absolute atomic E-state index is 0.624. The minimum Gasteiger partial charge on any atom is -0.537 e. The molecule has 2 aliphatic rings. The quantitative estimate of drug-likeness (QED) is 0.696. The summed E-state index contributed by atoms with van der Waals surface area (Å²) in [6, 6.07) is 13.6. The second-order valence-electron chi connectivity index (χ2n) is 2.73. The minimum atomic E-state index is 0.624. The zero-order valence-electron chi connectivity index (χ0n) is 6.97. The molecule has 0 aromatic heterocycles. The summed E-state index contributed by atoms with van der Waals surface area (Å²) in [7, 11) is 0.681. The molecule has 0 fully saturated rings. The van der Waals surface area contributed by atoms with Gasteiger partial charge in [0.25, 0.3) is 0 Å². The van der Waals surface area contributed by atoms with Crippen LogP contribution in [0.1, 0.15) is 0 Å². The molecule has 63 valence electrons. The molecule has 1 N–H and O–H groups in total. The van der Waals surface area contributed by atoms with Crippen LogP contribution in [0, 0.1) is 0 Å². The van der Waals surface area contributed by atoms with E-state index in [1.165, 1.54) is 0 Å². The van der Waals surface area contributed by atoms with Crippen LogP contribution in [0.25, 0.3) is 11.1 Å². The van der Waals surface area contributed by atoms with E-state index in [4.69, 9.17) is 9.68 Å². The van der Waals surface area contributed by atoms with Gasteiger partial charge in [0, 0.05) is 0 Å². The van der Waals surface area contributed by atoms with E-state index >= 15 is 0 Å². The van der Waals surface area contributed by atoms with Crippen molar-refractivity contribution in [2.24, 2.45) is 0 Å². The van der Waals surface area contributed by atoms with Crippen molar-refractivity contribution in [1.29, 1.82) is 0 Å². The molecule has 1 radical (unpaired) electrons. The van der Waals surface area contributed by atoms with Gasteiger partial charge in [-0.15, -0.1) is 0 Å². The van der Waals surface area contributed by atoms with Gasteiger partial charge in [0.2, 0.25) is 0 Å². The van der Waals surface area contributed by atoms with E-state index in [-0.39, 0.29) is 0 Å². The second-order valence-corrected chi connectivity index (χ2v) is 2.73. The van der Waals surface area contributed by atoms with Crippen LogP contribution in [0.4, 0.5) is 0 Å². The zero-order valence-corrected chi connectivity index (χ0v) is 6.97. The van der Waals surface area contributed by atoms with Gasteiger partial charge in [-0.1, -0.05) is 30.3 Å². The molecule has 0 heterocycles.